The van der Waals surface area contributed by atoms with E-state index in [2.05, 4.69) is 4.98 Å². The minimum Gasteiger partial charge on any atom is -0.444 e. The molecule has 1 aromatic carbocycles. The molecule has 10 heteroatoms. The van der Waals surface area contributed by atoms with Crippen molar-refractivity contribution >= 4 is 6.09 Å². The van der Waals surface area contributed by atoms with Gasteiger partial charge in [-0.15, -0.1) is 0 Å². The lowest BCUT2D eigenvalue weighted by molar-refractivity contribution is -0.196. The van der Waals surface area contributed by atoms with Gasteiger partial charge in [0.1, 0.15) is 11.3 Å². The van der Waals surface area contributed by atoms with E-state index in [1.165, 1.54) is 10.8 Å². The van der Waals surface area contributed by atoms with Crippen molar-refractivity contribution in [2.45, 2.75) is 84.1 Å². The van der Waals surface area contributed by atoms with Crippen LogP contribution in [0.3, 0.4) is 0 Å². The molecular formula is C25H34N4O6. The Morgan fingerprint density at radius 1 is 1.17 bits per heavy atom. The number of rotatable bonds is 4. The molecule has 10 nitrogen and oxygen atoms in total. The molecule has 0 unspecified atom stereocenters. The maximum Gasteiger partial charge on any atom is 0.412 e. The van der Waals surface area contributed by atoms with Crippen molar-refractivity contribution in [3.8, 4) is 0 Å². The molecule has 2 fully saturated rings. The average molecular weight is 487 g/mol. The summed E-state index contributed by atoms with van der Waals surface area (Å²) in [6.45, 7) is 11.5. The molecule has 35 heavy (non-hydrogen) atoms. The second-order valence-corrected chi connectivity index (χ2v) is 10.6. The summed E-state index contributed by atoms with van der Waals surface area (Å²) in [5.74, 6) is 0. The minimum absolute atomic E-state index is 0.290. The first-order valence-corrected chi connectivity index (χ1v) is 11.8. The highest BCUT2D eigenvalue weighted by molar-refractivity contribution is 5.70. The van der Waals surface area contributed by atoms with Crippen molar-refractivity contribution in [3.05, 3.63) is 68.5 Å². The molecule has 1 amide bonds. The highest BCUT2D eigenvalue weighted by Crippen LogP contribution is 2.39. The highest BCUT2D eigenvalue weighted by atomic mass is 16.7. The minimum atomic E-state index is -0.880. The number of aromatic amines is 1. The van der Waals surface area contributed by atoms with Gasteiger partial charge in [-0.3, -0.25) is 24.1 Å². The molecule has 0 radical (unpaired) electrons. The molecule has 2 aromatic rings. The summed E-state index contributed by atoms with van der Waals surface area (Å²) >= 11 is 0. The van der Waals surface area contributed by atoms with E-state index in [4.69, 9.17) is 14.3 Å². The van der Waals surface area contributed by atoms with E-state index in [-0.39, 0.29) is 18.7 Å². The third kappa shape index (κ3) is 5.34. The first kappa shape index (κ1) is 25.2. The Kier molecular flexibility index (Phi) is 6.65. The maximum absolute atomic E-state index is 13.3. The van der Waals surface area contributed by atoms with Gasteiger partial charge in [0.15, 0.2) is 6.23 Å². The van der Waals surface area contributed by atoms with E-state index in [0.717, 1.165) is 5.56 Å². The van der Waals surface area contributed by atoms with Crippen LogP contribution in [0.2, 0.25) is 0 Å². The fourth-order valence-corrected chi connectivity index (χ4v) is 4.62. The van der Waals surface area contributed by atoms with Crippen molar-refractivity contribution < 1.29 is 19.1 Å². The third-order valence-electron chi connectivity index (χ3n) is 6.26. The standard InChI is InChI=1S/C25H34N4O6/c1-16-13-27(22(31)26-21(16)30)20-12-18(28(35-20)14-17-10-8-7-9-11-17)19-15-33-25(5,6)29(19)23(32)34-24(2,3)4/h7-11,13,18-20H,12,14-15H2,1-6H3,(H,26,30,31)/t18-,19+,20+/m1/s1. The first-order valence-electron chi connectivity index (χ1n) is 11.8. The second kappa shape index (κ2) is 9.25. The number of ether oxygens (including phenoxy) is 2. The van der Waals surface area contributed by atoms with Crippen molar-refractivity contribution in [2.24, 2.45) is 0 Å². The van der Waals surface area contributed by atoms with E-state index < -0.39 is 34.9 Å². The molecule has 4 rings (SSSR count). The van der Waals surface area contributed by atoms with Crippen LogP contribution in [0.25, 0.3) is 0 Å². The summed E-state index contributed by atoms with van der Waals surface area (Å²) in [7, 11) is 0. The van der Waals surface area contributed by atoms with E-state index in [1.807, 2.05) is 65.0 Å². The molecule has 2 aliphatic rings. The molecule has 0 saturated carbocycles. The number of amides is 1. The Morgan fingerprint density at radius 3 is 2.51 bits per heavy atom. The molecule has 1 N–H and O–H groups in total. The van der Waals surface area contributed by atoms with Crippen LogP contribution in [0, 0.1) is 6.92 Å². The SMILES string of the molecule is Cc1cn([C@@H]2C[C@H]([C@@H]3COC(C)(C)N3C(=O)OC(C)(C)C)N(Cc3ccccc3)O2)c(=O)[nH]c1=O. The zero-order valence-corrected chi connectivity index (χ0v) is 21.1. The lowest BCUT2D eigenvalue weighted by Gasteiger charge is -2.38. The summed E-state index contributed by atoms with van der Waals surface area (Å²) in [6.07, 6.45) is 0.790. The second-order valence-electron chi connectivity index (χ2n) is 10.6. The predicted octanol–water partition coefficient (Wildman–Crippen LogP) is 2.92. The Hall–Kier alpha value is -2.95. The van der Waals surface area contributed by atoms with Crippen LogP contribution in [0.4, 0.5) is 4.79 Å². The zero-order valence-electron chi connectivity index (χ0n) is 21.1. The van der Waals surface area contributed by atoms with Gasteiger partial charge in [-0.25, -0.2) is 9.59 Å². The number of aryl methyl sites for hydroxylation is 1. The number of hydrogen-bond acceptors (Lipinski definition) is 7. The number of H-pyrrole nitrogens is 1. The van der Waals surface area contributed by atoms with Gasteiger partial charge in [0.05, 0.1) is 18.7 Å². The summed E-state index contributed by atoms with van der Waals surface area (Å²) in [5.41, 5.74) is -1.09. The lowest BCUT2D eigenvalue weighted by atomic mass is 10.0. The topological polar surface area (TPSA) is 106 Å². The number of hydrogen-bond donors (Lipinski definition) is 1. The van der Waals surface area contributed by atoms with E-state index >= 15 is 0 Å². The third-order valence-corrected chi connectivity index (χ3v) is 6.26. The van der Waals surface area contributed by atoms with Crippen molar-refractivity contribution in [1.29, 1.82) is 0 Å². The van der Waals surface area contributed by atoms with Crippen LogP contribution in [0.1, 0.15) is 58.4 Å². The Balaban J connectivity index is 1.69. The van der Waals surface area contributed by atoms with Gasteiger partial charge in [0.25, 0.3) is 5.56 Å². The fraction of sp³-hybridized carbons (Fsp3) is 0.560. The van der Waals surface area contributed by atoms with Crippen molar-refractivity contribution in [2.75, 3.05) is 6.61 Å². The molecule has 3 atom stereocenters. The smallest absolute Gasteiger partial charge is 0.412 e. The number of nitrogens with zero attached hydrogens (tertiary/aromatic N) is 3. The van der Waals surface area contributed by atoms with E-state index in [0.29, 0.717) is 18.5 Å². The van der Waals surface area contributed by atoms with Gasteiger partial charge in [0.2, 0.25) is 0 Å². The maximum atomic E-state index is 13.3. The quantitative estimate of drug-likeness (QED) is 0.708. The number of carbonyl (C=O) groups is 1. The van der Waals surface area contributed by atoms with Gasteiger partial charge < -0.3 is 9.47 Å². The molecule has 190 valence electrons. The summed E-state index contributed by atoms with van der Waals surface area (Å²) < 4.78 is 13.1. The number of carbonyl (C=O) groups excluding carboxylic acids is 1. The molecule has 0 aliphatic carbocycles. The van der Waals surface area contributed by atoms with Crippen LogP contribution in [-0.2, 0) is 20.9 Å². The Bertz CT molecular complexity index is 1180. The Labute approximate surface area is 204 Å². The summed E-state index contributed by atoms with van der Waals surface area (Å²) in [6, 6.07) is 9.14. The van der Waals surface area contributed by atoms with Crippen molar-refractivity contribution in [3.63, 3.8) is 0 Å². The summed E-state index contributed by atoms with van der Waals surface area (Å²) in [4.78, 5) is 48.0. The van der Waals surface area contributed by atoms with Gasteiger partial charge in [-0.05, 0) is 47.1 Å². The highest BCUT2D eigenvalue weighted by Gasteiger charge is 2.52. The molecule has 3 heterocycles. The average Bonchev–Trinajstić information content (AvgIpc) is 3.30. The molecule has 0 spiro atoms. The number of benzene rings is 1. The fourth-order valence-electron chi connectivity index (χ4n) is 4.62. The predicted molar refractivity (Wildman–Crippen MR) is 128 cm³/mol. The summed E-state index contributed by atoms with van der Waals surface area (Å²) in [5, 5.41) is 1.81. The van der Waals surface area contributed by atoms with E-state index in [9.17, 15) is 14.4 Å². The number of nitrogens with one attached hydrogen (secondary N) is 1. The molecule has 2 saturated heterocycles. The van der Waals surface area contributed by atoms with Gasteiger partial charge in [0, 0.05) is 24.7 Å². The normalized spacial score (nSPS) is 24.6. The van der Waals surface area contributed by atoms with Gasteiger partial charge in [-0.2, -0.15) is 5.06 Å². The number of hydroxylamine groups is 2. The van der Waals surface area contributed by atoms with Crippen LogP contribution in [-0.4, -0.2) is 55.6 Å². The largest absolute Gasteiger partial charge is 0.444 e. The lowest BCUT2D eigenvalue weighted by Crippen LogP contribution is -2.55. The van der Waals surface area contributed by atoms with Gasteiger partial charge >= 0.3 is 11.8 Å². The first-order chi connectivity index (χ1) is 16.4. The molecule has 1 aromatic heterocycles. The Morgan fingerprint density at radius 2 is 1.86 bits per heavy atom. The van der Waals surface area contributed by atoms with Crippen LogP contribution < -0.4 is 11.2 Å². The van der Waals surface area contributed by atoms with Crippen molar-refractivity contribution in [1.82, 2.24) is 19.5 Å². The molecular weight excluding hydrogens is 452 g/mol. The zero-order chi connectivity index (χ0) is 25.5. The van der Waals surface area contributed by atoms with Crippen LogP contribution in [0.5, 0.6) is 0 Å². The number of aromatic nitrogens is 2. The van der Waals surface area contributed by atoms with E-state index in [1.54, 1.807) is 16.9 Å². The van der Waals surface area contributed by atoms with Gasteiger partial charge in [-0.1, -0.05) is 30.3 Å². The van der Waals surface area contributed by atoms with Crippen LogP contribution in [0.15, 0.2) is 46.1 Å². The monoisotopic (exact) mass is 486 g/mol. The van der Waals surface area contributed by atoms with Crippen LogP contribution >= 0.6 is 0 Å². The molecule has 2 aliphatic heterocycles. The molecule has 0 bridgehead atoms.